The number of rotatable bonds is 2. The average Bonchev–Trinajstić information content (AvgIpc) is 2.63. The molecular weight excluding hydrogens is 290 g/mol. The third-order valence-electron chi connectivity index (χ3n) is 2.91. The van der Waals surface area contributed by atoms with Gasteiger partial charge < -0.3 is 0 Å². The van der Waals surface area contributed by atoms with Crippen LogP contribution in [0.25, 0.3) is 0 Å². The Labute approximate surface area is 106 Å². The molecule has 1 aromatic heterocycles. The lowest BCUT2D eigenvalue weighted by atomic mass is 9.82. The first-order valence-electron chi connectivity index (χ1n) is 5.20. The summed E-state index contributed by atoms with van der Waals surface area (Å²) >= 11 is 5.07. The van der Waals surface area contributed by atoms with E-state index in [1.807, 2.05) is 18.4 Å². The highest BCUT2D eigenvalue weighted by molar-refractivity contribution is 9.10. The van der Waals surface area contributed by atoms with Crippen LogP contribution in [0.2, 0.25) is 0 Å². The molecule has 2 atom stereocenters. The second-order valence-corrected chi connectivity index (χ2v) is 5.67. The van der Waals surface area contributed by atoms with Gasteiger partial charge in [-0.3, -0.25) is 14.9 Å². The smallest absolute Gasteiger partial charge is 0.230 e. The van der Waals surface area contributed by atoms with Crippen molar-refractivity contribution in [1.82, 2.24) is 5.32 Å². The van der Waals surface area contributed by atoms with E-state index < -0.39 is 0 Å². The van der Waals surface area contributed by atoms with Crippen LogP contribution in [0.15, 0.2) is 15.9 Å². The molecule has 1 fully saturated rings. The number of imide groups is 1. The first-order chi connectivity index (χ1) is 7.63. The van der Waals surface area contributed by atoms with E-state index in [-0.39, 0.29) is 23.7 Å². The fourth-order valence-electron chi connectivity index (χ4n) is 2.12. The molecule has 1 aliphatic heterocycles. The van der Waals surface area contributed by atoms with Gasteiger partial charge in [-0.1, -0.05) is 6.92 Å². The average molecular weight is 302 g/mol. The molecule has 0 aromatic carbocycles. The van der Waals surface area contributed by atoms with Crippen LogP contribution in [0.1, 0.15) is 30.6 Å². The summed E-state index contributed by atoms with van der Waals surface area (Å²) in [5.74, 6) is -0.364. The lowest BCUT2D eigenvalue weighted by Crippen LogP contribution is -2.44. The molecule has 1 aliphatic rings. The number of carbonyl (C=O) groups excluding carboxylic acids is 2. The van der Waals surface area contributed by atoms with Crippen LogP contribution in [-0.2, 0) is 9.59 Å². The molecule has 0 spiro atoms. The third-order valence-corrected chi connectivity index (χ3v) is 4.91. The quantitative estimate of drug-likeness (QED) is 0.854. The molecule has 2 heterocycles. The Hall–Kier alpha value is -0.680. The number of hydrogen-bond acceptors (Lipinski definition) is 3. The summed E-state index contributed by atoms with van der Waals surface area (Å²) in [6, 6.07) is 1.96. The van der Waals surface area contributed by atoms with Gasteiger partial charge in [-0.2, -0.15) is 0 Å². The van der Waals surface area contributed by atoms with Crippen LogP contribution < -0.4 is 5.32 Å². The number of piperidine rings is 1. The van der Waals surface area contributed by atoms with Crippen LogP contribution >= 0.6 is 27.3 Å². The second-order valence-electron chi connectivity index (χ2n) is 3.87. The van der Waals surface area contributed by atoms with Gasteiger partial charge in [0.1, 0.15) is 0 Å². The molecule has 86 valence electrons. The maximum Gasteiger partial charge on any atom is 0.230 e. The molecule has 2 unspecified atom stereocenters. The normalized spacial score (nSPS) is 25.6. The Morgan fingerprint density at radius 1 is 1.56 bits per heavy atom. The molecule has 0 aliphatic carbocycles. The van der Waals surface area contributed by atoms with Gasteiger partial charge in [0.15, 0.2) is 0 Å². The number of thiophene rings is 1. The molecule has 2 rings (SSSR count). The van der Waals surface area contributed by atoms with E-state index >= 15 is 0 Å². The summed E-state index contributed by atoms with van der Waals surface area (Å²) in [4.78, 5) is 24.2. The lowest BCUT2D eigenvalue weighted by molar-refractivity contribution is -0.137. The summed E-state index contributed by atoms with van der Waals surface area (Å²) in [6.45, 7) is 1.98. The SMILES string of the molecule is CCC1C(=O)NC(=O)CC1c1sccc1Br. The lowest BCUT2D eigenvalue weighted by Gasteiger charge is -2.28. The van der Waals surface area contributed by atoms with Gasteiger partial charge in [0.25, 0.3) is 0 Å². The van der Waals surface area contributed by atoms with Crippen molar-refractivity contribution in [2.45, 2.75) is 25.7 Å². The summed E-state index contributed by atoms with van der Waals surface area (Å²) in [7, 11) is 0. The van der Waals surface area contributed by atoms with Gasteiger partial charge in [-0.05, 0) is 33.8 Å². The third kappa shape index (κ3) is 2.06. The largest absolute Gasteiger partial charge is 0.296 e. The van der Waals surface area contributed by atoms with Crippen molar-refractivity contribution in [3.8, 4) is 0 Å². The van der Waals surface area contributed by atoms with E-state index in [1.165, 1.54) is 0 Å². The van der Waals surface area contributed by atoms with Crippen molar-refractivity contribution in [2.24, 2.45) is 5.92 Å². The highest BCUT2D eigenvalue weighted by Crippen LogP contribution is 2.40. The zero-order chi connectivity index (χ0) is 11.7. The number of amides is 2. The monoisotopic (exact) mass is 301 g/mol. The second kappa shape index (κ2) is 4.67. The predicted octanol–water partition coefficient (Wildman–Crippen LogP) is 2.67. The van der Waals surface area contributed by atoms with E-state index in [0.29, 0.717) is 6.42 Å². The Morgan fingerprint density at radius 2 is 2.31 bits per heavy atom. The Balaban J connectivity index is 2.33. The zero-order valence-electron chi connectivity index (χ0n) is 8.83. The molecule has 0 saturated carbocycles. The molecule has 0 radical (unpaired) electrons. The topological polar surface area (TPSA) is 46.2 Å². The highest BCUT2D eigenvalue weighted by atomic mass is 79.9. The number of nitrogens with one attached hydrogen (secondary N) is 1. The van der Waals surface area contributed by atoms with Gasteiger partial charge in [-0.25, -0.2) is 0 Å². The molecule has 16 heavy (non-hydrogen) atoms. The predicted molar refractivity (Wildman–Crippen MR) is 66.3 cm³/mol. The molecule has 1 aromatic rings. The van der Waals surface area contributed by atoms with Gasteiger partial charge in [-0.15, -0.1) is 11.3 Å². The molecule has 2 amide bonds. The number of carbonyl (C=O) groups is 2. The van der Waals surface area contributed by atoms with E-state index in [9.17, 15) is 9.59 Å². The van der Waals surface area contributed by atoms with E-state index in [1.54, 1.807) is 11.3 Å². The molecule has 0 bridgehead atoms. The van der Waals surface area contributed by atoms with Gasteiger partial charge in [0.05, 0.1) is 0 Å². The Kier molecular flexibility index (Phi) is 3.44. The molecule has 3 nitrogen and oxygen atoms in total. The van der Waals surface area contributed by atoms with Crippen molar-refractivity contribution in [3.05, 3.63) is 20.8 Å². The van der Waals surface area contributed by atoms with Crippen LogP contribution in [0.5, 0.6) is 0 Å². The van der Waals surface area contributed by atoms with E-state index in [0.717, 1.165) is 15.8 Å². The molecule has 1 N–H and O–H groups in total. The zero-order valence-corrected chi connectivity index (χ0v) is 11.2. The first kappa shape index (κ1) is 11.8. The van der Waals surface area contributed by atoms with Gasteiger partial charge in [0, 0.05) is 27.6 Å². The number of hydrogen-bond donors (Lipinski definition) is 1. The van der Waals surface area contributed by atoms with Gasteiger partial charge in [0.2, 0.25) is 11.8 Å². The van der Waals surface area contributed by atoms with Crippen molar-refractivity contribution in [3.63, 3.8) is 0 Å². The van der Waals surface area contributed by atoms with Crippen molar-refractivity contribution >= 4 is 39.1 Å². The van der Waals surface area contributed by atoms with Crippen molar-refractivity contribution < 1.29 is 9.59 Å². The minimum absolute atomic E-state index is 0.0284. The molecule has 5 heteroatoms. The van der Waals surface area contributed by atoms with E-state index in [2.05, 4.69) is 21.2 Å². The maximum absolute atomic E-state index is 11.7. The summed E-state index contributed by atoms with van der Waals surface area (Å²) in [5, 5.41) is 4.38. The minimum Gasteiger partial charge on any atom is -0.296 e. The van der Waals surface area contributed by atoms with Crippen molar-refractivity contribution in [1.29, 1.82) is 0 Å². The fraction of sp³-hybridized carbons (Fsp3) is 0.455. The van der Waals surface area contributed by atoms with Crippen LogP contribution in [0.3, 0.4) is 0 Å². The first-order valence-corrected chi connectivity index (χ1v) is 6.87. The Bertz CT molecular complexity index is 429. The minimum atomic E-state index is -0.167. The summed E-state index contributed by atoms with van der Waals surface area (Å²) in [6.07, 6.45) is 1.16. The number of halogens is 1. The molecule has 1 saturated heterocycles. The standard InChI is InChI=1S/C11H12BrNO2S/c1-2-6-7(5-9(14)13-11(6)15)10-8(12)3-4-16-10/h3-4,6-7H,2,5H2,1H3,(H,13,14,15). The Morgan fingerprint density at radius 3 is 2.88 bits per heavy atom. The molecular formula is C11H12BrNO2S. The van der Waals surface area contributed by atoms with Crippen LogP contribution in [0.4, 0.5) is 0 Å². The van der Waals surface area contributed by atoms with Crippen LogP contribution in [0, 0.1) is 5.92 Å². The summed E-state index contributed by atoms with van der Waals surface area (Å²) in [5.41, 5.74) is 0. The maximum atomic E-state index is 11.7. The fourth-order valence-corrected chi connectivity index (χ4v) is 3.96. The summed E-state index contributed by atoms with van der Waals surface area (Å²) < 4.78 is 1.00. The van der Waals surface area contributed by atoms with Gasteiger partial charge >= 0.3 is 0 Å². The van der Waals surface area contributed by atoms with Crippen LogP contribution in [-0.4, -0.2) is 11.8 Å². The van der Waals surface area contributed by atoms with Crippen molar-refractivity contribution in [2.75, 3.05) is 0 Å². The van der Waals surface area contributed by atoms with E-state index in [4.69, 9.17) is 0 Å². The highest BCUT2D eigenvalue weighted by Gasteiger charge is 2.36.